The number of carbonyl (C=O) groups is 2. The van der Waals surface area contributed by atoms with Crippen LogP contribution in [0.25, 0.3) is 0 Å². The third kappa shape index (κ3) is 7.09. The van der Waals surface area contributed by atoms with E-state index in [0.717, 1.165) is 17.5 Å². The van der Waals surface area contributed by atoms with Crippen molar-refractivity contribution in [3.8, 4) is 5.75 Å². The summed E-state index contributed by atoms with van der Waals surface area (Å²) >= 11 is 5.91. The van der Waals surface area contributed by atoms with Crippen molar-refractivity contribution in [3.05, 3.63) is 64.7 Å². The summed E-state index contributed by atoms with van der Waals surface area (Å²) in [6.45, 7) is 7.93. The first-order valence-corrected chi connectivity index (χ1v) is 9.72. The second-order valence-corrected chi connectivity index (χ2v) is 8.73. The smallest absolute Gasteiger partial charge is 0.352 e. The van der Waals surface area contributed by atoms with Crippen LogP contribution in [-0.4, -0.2) is 24.3 Å². The Balaban J connectivity index is 1.89. The van der Waals surface area contributed by atoms with Crippen molar-refractivity contribution in [2.24, 2.45) is 5.41 Å². The van der Waals surface area contributed by atoms with Gasteiger partial charge in [-0.1, -0.05) is 35.9 Å². The third-order valence-corrected chi connectivity index (χ3v) is 4.35. The molecule has 0 spiro atoms. The Hall–Kier alpha value is -2.53. The lowest BCUT2D eigenvalue weighted by molar-refractivity contribution is -0.181. The van der Waals surface area contributed by atoms with Crippen LogP contribution in [0.4, 0.5) is 0 Å². The van der Waals surface area contributed by atoms with Gasteiger partial charge in [0.15, 0.2) is 5.60 Å². The number of halogens is 1. The minimum absolute atomic E-state index is 0.443. The lowest BCUT2D eigenvalue weighted by Crippen LogP contribution is -2.40. The molecule has 29 heavy (non-hydrogen) atoms. The van der Waals surface area contributed by atoms with Crippen molar-refractivity contribution < 1.29 is 23.8 Å². The summed E-state index contributed by atoms with van der Waals surface area (Å²) in [5.74, 6) is -0.525. The molecular weight excluding hydrogens is 392 g/mol. The van der Waals surface area contributed by atoms with Crippen molar-refractivity contribution in [2.75, 3.05) is 6.79 Å². The zero-order valence-electron chi connectivity index (χ0n) is 17.5. The largest absolute Gasteiger partial charge is 0.476 e. The number of benzene rings is 2. The Kier molecular flexibility index (Phi) is 7.31. The zero-order chi connectivity index (χ0) is 21.7. The van der Waals surface area contributed by atoms with E-state index in [1.165, 1.54) is 0 Å². The van der Waals surface area contributed by atoms with Gasteiger partial charge in [-0.25, -0.2) is 4.79 Å². The summed E-state index contributed by atoms with van der Waals surface area (Å²) in [5.41, 5.74) is 0.365. The summed E-state index contributed by atoms with van der Waals surface area (Å²) < 4.78 is 15.8. The van der Waals surface area contributed by atoms with E-state index >= 15 is 0 Å². The van der Waals surface area contributed by atoms with Crippen molar-refractivity contribution in [2.45, 2.75) is 46.6 Å². The van der Waals surface area contributed by atoms with Gasteiger partial charge in [0.25, 0.3) is 0 Å². The number of esters is 2. The van der Waals surface area contributed by atoms with Crippen molar-refractivity contribution in [1.82, 2.24) is 0 Å². The van der Waals surface area contributed by atoms with Gasteiger partial charge in [-0.3, -0.25) is 4.79 Å². The Morgan fingerprint density at radius 2 is 1.28 bits per heavy atom. The van der Waals surface area contributed by atoms with Crippen LogP contribution in [0.15, 0.2) is 48.5 Å². The minimum atomic E-state index is -1.23. The van der Waals surface area contributed by atoms with Crippen molar-refractivity contribution in [3.63, 3.8) is 0 Å². The minimum Gasteiger partial charge on any atom is -0.476 e. The van der Waals surface area contributed by atoms with E-state index in [4.69, 9.17) is 25.8 Å². The molecule has 6 heteroatoms. The first-order chi connectivity index (χ1) is 13.5. The van der Waals surface area contributed by atoms with E-state index in [-0.39, 0.29) is 0 Å². The number of rotatable bonds is 7. The van der Waals surface area contributed by atoms with Gasteiger partial charge in [0.05, 0.1) is 5.41 Å². The van der Waals surface area contributed by atoms with Gasteiger partial charge < -0.3 is 14.2 Å². The molecule has 2 aromatic carbocycles. The summed E-state index contributed by atoms with van der Waals surface area (Å²) in [6.07, 6.45) is 0.766. The van der Waals surface area contributed by atoms with E-state index in [9.17, 15) is 9.59 Å². The predicted molar refractivity (Wildman–Crippen MR) is 112 cm³/mol. The Labute approximate surface area is 176 Å². The van der Waals surface area contributed by atoms with E-state index in [1.807, 2.05) is 36.4 Å². The summed E-state index contributed by atoms with van der Waals surface area (Å²) in [4.78, 5) is 24.0. The standard InChI is InChI=1S/C23H27ClO5/c1-22(2,3)20(25)27-15-28-21(26)23(4,5)29-19-12-8-17(9-13-19)14-16-6-10-18(24)11-7-16/h6-13H,14-15H2,1-5H3. The molecule has 5 nitrogen and oxygen atoms in total. The average molecular weight is 419 g/mol. The van der Waals surface area contributed by atoms with Crippen LogP contribution in [0.3, 0.4) is 0 Å². The fourth-order valence-electron chi connectivity index (χ4n) is 2.38. The molecule has 2 rings (SSSR count). The number of ether oxygens (including phenoxy) is 3. The fourth-order valence-corrected chi connectivity index (χ4v) is 2.50. The maximum atomic E-state index is 12.3. The average Bonchev–Trinajstić information content (AvgIpc) is 2.64. The van der Waals surface area contributed by atoms with Gasteiger partial charge in [0, 0.05) is 5.02 Å². The third-order valence-electron chi connectivity index (χ3n) is 4.10. The topological polar surface area (TPSA) is 61.8 Å². The van der Waals surface area contributed by atoms with Crippen LogP contribution in [0, 0.1) is 5.41 Å². The van der Waals surface area contributed by atoms with E-state index < -0.39 is 29.7 Å². The molecule has 0 saturated heterocycles. The second kappa shape index (κ2) is 9.31. The van der Waals surface area contributed by atoms with Crippen LogP contribution < -0.4 is 4.74 Å². The van der Waals surface area contributed by atoms with Crippen LogP contribution in [0.2, 0.25) is 5.02 Å². The number of hydrogen-bond acceptors (Lipinski definition) is 5. The van der Waals surface area contributed by atoms with Crippen LogP contribution >= 0.6 is 11.6 Å². The normalized spacial score (nSPS) is 11.7. The Morgan fingerprint density at radius 3 is 1.79 bits per heavy atom. The monoisotopic (exact) mass is 418 g/mol. The lowest BCUT2D eigenvalue weighted by Gasteiger charge is -2.24. The quantitative estimate of drug-likeness (QED) is 0.458. The predicted octanol–water partition coefficient (Wildman–Crippen LogP) is 5.18. The van der Waals surface area contributed by atoms with Gasteiger partial charge in [-0.2, -0.15) is 0 Å². The molecule has 0 saturated carbocycles. The van der Waals surface area contributed by atoms with Gasteiger partial charge in [0.1, 0.15) is 5.75 Å². The molecule has 0 atom stereocenters. The van der Waals surface area contributed by atoms with E-state index in [0.29, 0.717) is 10.8 Å². The van der Waals surface area contributed by atoms with Gasteiger partial charge in [-0.15, -0.1) is 0 Å². The van der Waals surface area contributed by atoms with Crippen LogP contribution in [0.1, 0.15) is 45.7 Å². The SMILES string of the molecule is CC(C)(C)C(=O)OCOC(=O)C(C)(C)Oc1ccc(Cc2ccc(Cl)cc2)cc1. The Morgan fingerprint density at radius 1 is 0.793 bits per heavy atom. The zero-order valence-corrected chi connectivity index (χ0v) is 18.2. The molecule has 0 bridgehead atoms. The van der Waals surface area contributed by atoms with E-state index in [2.05, 4.69) is 0 Å². The highest BCUT2D eigenvalue weighted by Crippen LogP contribution is 2.22. The fraction of sp³-hybridized carbons (Fsp3) is 0.391. The molecule has 0 N–H and O–H groups in total. The van der Waals surface area contributed by atoms with Crippen molar-refractivity contribution in [1.29, 1.82) is 0 Å². The first-order valence-electron chi connectivity index (χ1n) is 9.34. The highest BCUT2D eigenvalue weighted by Gasteiger charge is 2.32. The molecule has 0 amide bonds. The summed E-state index contributed by atoms with van der Waals surface area (Å²) in [7, 11) is 0. The highest BCUT2D eigenvalue weighted by atomic mass is 35.5. The maximum Gasteiger partial charge on any atom is 0.352 e. The molecule has 0 fully saturated rings. The van der Waals surface area contributed by atoms with Gasteiger partial charge in [0.2, 0.25) is 6.79 Å². The second-order valence-electron chi connectivity index (χ2n) is 8.29. The molecule has 0 radical (unpaired) electrons. The molecule has 0 aliphatic rings. The molecule has 156 valence electrons. The number of hydrogen-bond donors (Lipinski definition) is 0. The number of carbonyl (C=O) groups excluding carboxylic acids is 2. The van der Waals surface area contributed by atoms with Gasteiger partial charge in [-0.05, 0) is 76.4 Å². The molecule has 0 heterocycles. The summed E-state index contributed by atoms with van der Waals surface area (Å²) in [5, 5.41) is 0.708. The summed E-state index contributed by atoms with van der Waals surface area (Å²) in [6, 6.07) is 15.2. The first kappa shape index (κ1) is 22.8. The molecule has 0 aliphatic carbocycles. The van der Waals surface area contributed by atoms with Gasteiger partial charge >= 0.3 is 11.9 Å². The molecule has 0 aromatic heterocycles. The highest BCUT2D eigenvalue weighted by molar-refractivity contribution is 6.30. The van der Waals surface area contributed by atoms with Crippen LogP contribution in [-0.2, 0) is 25.5 Å². The van der Waals surface area contributed by atoms with Crippen molar-refractivity contribution >= 4 is 23.5 Å². The lowest BCUT2D eigenvalue weighted by atomic mass is 9.98. The molecule has 2 aromatic rings. The molecule has 0 unspecified atom stereocenters. The molecule has 0 aliphatic heterocycles. The van der Waals surface area contributed by atoms with Crippen LogP contribution in [0.5, 0.6) is 5.75 Å². The Bertz CT molecular complexity index is 833. The van der Waals surface area contributed by atoms with E-state index in [1.54, 1.807) is 46.8 Å². The maximum absolute atomic E-state index is 12.3. The molecular formula is C23H27ClO5.